The molecular formula is C17H26N2O3. The van der Waals surface area contributed by atoms with Gasteiger partial charge < -0.3 is 15.8 Å². The maximum absolute atomic E-state index is 12.1. The highest BCUT2D eigenvalue weighted by Crippen LogP contribution is 2.19. The molecule has 1 unspecified atom stereocenters. The molecule has 1 atom stereocenters. The summed E-state index contributed by atoms with van der Waals surface area (Å²) in [5.41, 5.74) is 6.55. The Bertz CT molecular complexity index is 504. The third-order valence-corrected chi connectivity index (χ3v) is 3.20. The average Bonchev–Trinajstić information content (AvgIpc) is 2.43. The molecule has 122 valence electrons. The van der Waals surface area contributed by atoms with E-state index in [1.165, 1.54) is 6.92 Å². The Morgan fingerprint density at radius 2 is 1.82 bits per heavy atom. The first-order chi connectivity index (χ1) is 10.2. The molecular weight excluding hydrogens is 280 g/mol. The van der Waals surface area contributed by atoms with Gasteiger partial charge in [-0.2, -0.15) is 0 Å². The fourth-order valence-corrected chi connectivity index (χ4v) is 2.02. The monoisotopic (exact) mass is 306 g/mol. The van der Waals surface area contributed by atoms with Crippen LogP contribution in [0.15, 0.2) is 24.3 Å². The Balaban J connectivity index is 2.48. The molecule has 0 aliphatic carbocycles. The topological polar surface area (TPSA) is 81.4 Å². The number of amides is 1. The Hall–Kier alpha value is -1.88. The van der Waals surface area contributed by atoms with Crippen molar-refractivity contribution in [2.24, 2.45) is 11.1 Å². The Morgan fingerprint density at radius 3 is 2.32 bits per heavy atom. The van der Waals surface area contributed by atoms with Gasteiger partial charge in [0.1, 0.15) is 12.4 Å². The standard InChI is InChI=1S/C17H26N2O3/c1-12(20)19-9-10-22-14-7-5-13(6-8-14)11-15(18)16(21)17(2,3)4/h5-8,15H,9-11,18H2,1-4H3,(H,19,20). The summed E-state index contributed by atoms with van der Waals surface area (Å²) >= 11 is 0. The van der Waals surface area contributed by atoms with Crippen molar-refractivity contribution in [3.8, 4) is 5.75 Å². The second-order valence-electron chi connectivity index (χ2n) is 6.40. The van der Waals surface area contributed by atoms with Crippen LogP contribution >= 0.6 is 0 Å². The van der Waals surface area contributed by atoms with Gasteiger partial charge in [0.2, 0.25) is 5.91 Å². The second-order valence-corrected chi connectivity index (χ2v) is 6.40. The lowest BCUT2D eigenvalue weighted by atomic mass is 9.85. The van der Waals surface area contributed by atoms with Gasteiger partial charge in [0.05, 0.1) is 12.6 Å². The smallest absolute Gasteiger partial charge is 0.216 e. The van der Waals surface area contributed by atoms with E-state index in [-0.39, 0.29) is 11.7 Å². The lowest BCUT2D eigenvalue weighted by Crippen LogP contribution is -2.40. The van der Waals surface area contributed by atoms with E-state index < -0.39 is 11.5 Å². The van der Waals surface area contributed by atoms with E-state index in [2.05, 4.69) is 5.32 Å². The zero-order valence-electron chi connectivity index (χ0n) is 13.8. The molecule has 0 heterocycles. The van der Waals surface area contributed by atoms with Gasteiger partial charge in [-0.05, 0) is 24.1 Å². The third kappa shape index (κ3) is 6.26. The number of nitrogens with two attached hydrogens (primary N) is 1. The highest BCUT2D eigenvalue weighted by atomic mass is 16.5. The van der Waals surface area contributed by atoms with Crippen LogP contribution in [-0.4, -0.2) is 30.9 Å². The maximum atomic E-state index is 12.1. The van der Waals surface area contributed by atoms with Gasteiger partial charge in [0.25, 0.3) is 0 Å². The lowest BCUT2D eigenvalue weighted by Gasteiger charge is -2.21. The maximum Gasteiger partial charge on any atom is 0.216 e. The molecule has 0 bridgehead atoms. The van der Waals surface area contributed by atoms with Gasteiger partial charge in [-0.3, -0.25) is 9.59 Å². The molecule has 0 aromatic heterocycles. The van der Waals surface area contributed by atoms with Crippen LogP contribution in [0, 0.1) is 5.41 Å². The highest BCUT2D eigenvalue weighted by molar-refractivity contribution is 5.88. The molecule has 1 rings (SSSR count). The Kier molecular flexibility index (Phi) is 6.56. The number of hydrogen-bond donors (Lipinski definition) is 2. The fourth-order valence-electron chi connectivity index (χ4n) is 2.02. The molecule has 0 aliphatic rings. The zero-order chi connectivity index (χ0) is 16.8. The molecule has 0 saturated carbocycles. The van der Waals surface area contributed by atoms with Crippen molar-refractivity contribution in [2.75, 3.05) is 13.2 Å². The Morgan fingerprint density at radius 1 is 1.23 bits per heavy atom. The predicted octanol–water partition coefficient (Wildman–Crippen LogP) is 1.69. The molecule has 1 aromatic carbocycles. The minimum atomic E-state index is -0.494. The van der Waals surface area contributed by atoms with Gasteiger partial charge in [-0.1, -0.05) is 32.9 Å². The van der Waals surface area contributed by atoms with Gasteiger partial charge in [0, 0.05) is 12.3 Å². The van der Waals surface area contributed by atoms with E-state index in [1.54, 1.807) is 0 Å². The number of carbonyl (C=O) groups is 2. The van der Waals surface area contributed by atoms with Crippen molar-refractivity contribution >= 4 is 11.7 Å². The first-order valence-corrected chi connectivity index (χ1v) is 7.46. The largest absolute Gasteiger partial charge is 0.492 e. The minimum absolute atomic E-state index is 0.0585. The van der Waals surface area contributed by atoms with Crippen molar-refractivity contribution in [3.63, 3.8) is 0 Å². The number of nitrogens with one attached hydrogen (secondary N) is 1. The SMILES string of the molecule is CC(=O)NCCOc1ccc(CC(N)C(=O)C(C)(C)C)cc1. The molecule has 0 spiro atoms. The van der Waals surface area contributed by atoms with E-state index in [0.717, 1.165) is 11.3 Å². The van der Waals surface area contributed by atoms with Crippen LogP contribution in [0.2, 0.25) is 0 Å². The number of ether oxygens (including phenoxy) is 1. The first-order valence-electron chi connectivity index (χ1n) is 7.46. The summed E-state index contributed by atoms with van der Waals surface area (Å²) in [4.78, 5) is 22.8. The average molecular weight is 306 g/mol. The Labute approximate surface area is 132 Å². The van der Waals surface area contributed by atoms with Crippen LogP contribution in [0.5, 0.6) is 5.75 Å². The van der Waals surface area contributed by atoms with Crippen molar-refractivity contribution in [1.82, 2.24) is 5.32 Å². The second kappa shape index (κ2) is 7.94. The van der Waals surface area contributed by atoms with E-state index in [4.69, 9.17) is 10.5 Å². The van der Waals surface area contributed by atoms with Crippen molar-refractivity contribution in [2.45, 2.75) is 40.2 Å². The van der Waals surface area contributed by atoms with Gasteiger partial charge in [-0.15, -0.1) is 0 Å². The lowest BCUT2D eigenvalue weighted by molar-refractivity contribution is -0.127. The van der Waals surface area contributed by atoms with E-state index in [1.807, 2.05) is 45.0 Å². The zero-order valence-corrected chi connectivity index (χ0v) is 13.8. The first kappa shape index (κ1) is 18.2. The summed E-state index contributed by atoms with van der Waals surface area (Å²) in [6.07, 6.45) is 0.516. The summed E-state index contributed by atoms with van der Waals surface area (Å²) in [5.74, 6) is 0.712. The summed E-state index contributed by atoms with van der Waals surface area (Å²) in [5, 5.41) is 2.66. The summed E-state index contributed by atoms with van der Waals surface area (Å²) in [7, 11) is 0. The summed E-state index contributed by atoms with van der Waals surface area (Å²) < 4.78 is 5.51. The molecule has 5 heteroatoms. The van der Waals surface area contributed by atoms with Crippen molar-refractivity contribution in [1.29, 1.82) is 0 Å². The molecule has 5 nitrogen and oxygen atoms in total. The molecule has 22 heavy (non-hydrogen) atoms. The number of ketones is 1. The number of hydrogen-bond acceptors (Lipinski definition) is 4. The van der Waals surface area contributed by atoms with Crippen molar-refractivity contribution in [3.05, 3.63) is 29.8 Å². The summed E-state index contributed by atoms with van der Waals surface area (Å²) in [6, 6.07) is 7.01. The molecule has 0 radical (unpaired) electrons. The molecule has 1 aromatic rings. The minimum Gasteiger partial charge on any atom is -0.492 e. The van der Waals surface area contributed by atoms with Crippen molar-refractivity contribution < 1.29 is 14.3 Å². The number of carbonyl (C=O) groups excluding carboxylic acids is 2. The van der Waals surface area contributed by atoms with Crippen LogP contribution in [0.3, 0.4) is 0 Å². The van der Waals surface area contributed by atoms with E-state index >= 15 is 0 Å². The quantitative estimate of drug-likeness (QED) is 0.751. The number of benzene rings is 1. The van der Waals surface area contributed by atoms with Crippen LogP contribution < -0.4 is 15.8 Å². The van der Waals surface area contributed by atoms with Gasteiger partial charge >= 0.3 is 0 Å². The van der Waals surface area contributed by atoms with E-state index in [0.29, 0.717) is 19.6 Å². The number of Topliss-reactive ketones (excluding diaryl/α,β-unsaturated/α-hetero) is 1. The van der Waals surface area contributed by atoms with Crippen LogP contribution in [-0.2, 0) is 16.0 Å². The van der Waals surface area contributed by atoms with Crippen LogP contribution in [0.1, 0.15) is 33.3 Å². The normalized spacial score (nSPS) is 12.6. The van der Waals surface area contributed by atoms with Gasteiger partial charge in [0.15, 0.2) is 5.78 Å². The van der Waals surface area contributed by atoms with Gasteiger partial charge in [-0.25, -0.2) is 0 Å². The van der Waals surface area contributed by atoms with Crippen LogP contribution in [0.4, 0.5) is 0 Å². The number of rotatable bonds is 7. The summed E-state index contributed by atoms with van der Waals surface area (Å²) in [6.45, 7) is 7.99. The molecule has 3 N–H and O–H groups in total. The molecule has 0 saturated heterocycles. The van der Waals surface area contributed by atoms with Crippen LogP contribution in [0.25, 0.3) is 0 Å². The molecule has 0 fully saturated rings. The fraction of sp³-hybridized carbons (Fsp3) is 0.529. The van der Waals surface area contributed by atoms with E-state index in [9.17, 15) is 9.59 Å². The predicted molar refractivity (Wildman–Crippen MR) is 86.8 cm³/mol. The molecule has 0 aliphatic heterocycles. The molecule has 1 amide bonds. The highest BCUT2D eigenvalue weighted by Gasteiger charge is 2.26. The third-order valence-electron chi connectivity index (χ3n) is 3.20.